The van der Waals surface area contributed by atoms with Gasteiger partial charge in [0.25, 0.3) is 5.91 Å². The van der Waals surface area contributed by atoms with Gasteiger partial charge in [-0.25, -0.2) is 0 Å². The Morgan fingerprint density at radius 3 is 2.87 bits per heavy atom. The standard InChI is InChI=1S/C11H22N2O2/c1-9(6-7-12)13(2)11(14)10-5-3-4-8-15-10/h9-10H,3-8,12H2,1-2H3. The molecule has 4 heteroatoms. The van der Waals surface area contributed by atoms with Gasteiger partial charge in [0.2, 0.25) is 0 Å². The summed E-state index contributed by atoms with van der Waals surface area (Å²) < 4.78 is 5.47. The Morgan fingerprint density at radius 2 is 2.33 bits per heavy atom. The van der Waals surface area contributed by atoms with Gasteiger partial charge in [-0.3, -0.25) is 4.79 Å². The molecule has 0 aromatic carbocycles. The lowest BCUT2D eigenvalue weighted by molar-refractivity contribution is -0.147. The second kappa shape index (κ2) is 6.08. The molecule has 0 aromatic heterocycles. The van der Waals surface area contributed by atoms with Crippen LogP contribution in [0.1, 0.15) is 32.6 Å². The second-order valence-corrected chi connectivity index (χ2v) is 4.23. The summed E-state index contributed by atoms with van der Waals surface area (Å²) in [6.07, 6.45) is 3.65. The lowest BCUT2D eigenvalue weighted by atomic mass is 10.1. The molecule has 1 amide bonds. The highest BCUT2D eigenvalue weighted by molar-refractivity contribution is 5.81. The van der Waals surface area contributed by atoms with Gasteiger partial charge in [0, 0.05) is 19.7 Å². The number of carbonyl (C=O) groups excluding carboxylic acids is 1. The summed E-state index contributed by atoms with van der Waals surface area (Å²) in [4.78, 5) is 13.7. The van der Waals surface area contributed by atoms with E-state index in [0.717, 1.165) is 32.3 Å². The fourth-order valence-corrected chi connectivity index (χ4v) is 1.81. The molecule has 1 fully saturated rings. The second-order valence-electron chi connectivity index (χ2n) is 4.23. The molecule has 4 nitrogen and oxygen atoms in total. The lowest BCUT2D eigenvalue weighted by Gasteiger charge is -2.30. The Balaban J connectivity index is 2.43. The lowest BCUT2D eigenvalue weighted by Crippen LogP contribution is -2.44. The molecule has 15 heavy (non-hydrogen) atoms. The van der Waals surface area contributed by atoms with Crippen LogP contribution in [0.3, 0.4) is 0 Å². The molecule has 0 bridgehead atoms. The van der Waals surface area contributed by atoms with Crippen LogP contribution in [-0.2, 0) is 9.53 Å². The molecule has 88 valence electrons. The van der Waals surface area contributed by atoms with Crippen LogP contribution in [-0.4, -0.2) is 43.2 Å². The third-order valence-electron chi connectivity index (χ3n) is 3.05. The van der Waals surface area contributed by atoms with E-state index in [2.05, 4.69) is 0 Å². The van der Waals surface area contributed by atoms with E-state index >= 15 is 0 Å². The topological polar surface area (TPSA) is 55.6 Å². The quantitative estimate of drug-likeness (QED) is 0.751. The van der Waals surface area contributed by atoms with E-state index in [9.17, 15) is 4.79 Å². The summed E-state index contributed by atoms with van der Waals surface area (Å²) in [5, 5.41) is 0. The summed E-state index contributed by atoms with van der Waals surface area (Å²) >= 11 is 0. The van der Waals surface area contributed by atoms with Crippen molar-refractivity contribution in [2.75, 3.05) is 20.2 Å². The van der Waals surface area contributed by atoms with E-state index in [1.165, 1.54) is 0 Å². The first-order valence-corrected chi connectivity index (χ1v) is 5.75. The number of ether oxygens (including phenoxy) is 1. The predicted molar refractivity (Wildman–Crippen MR) is 59.5 cm³/mol. The highest BCUT2D eigenvalue weighted by Gasteiger charge is 2.26. The number of nitrogens with two attached hydrogens (primary N) is 1. The first kappa shape index (κ1) is 12.5. The van der Waals surface area contributed by atoms with Crippen LogP contribution in [0.2, 0.25) is 0 Å². The van der Waals surface area contributed by atoms with Crippen LogP contribution in [0.15, 0.2) is 0 Å². The van der Waals surface area contributed by atoms with Crippen molar-refractivity contribution in [3.8, 4) is 0 Å². The van der Waals surface area contributed by atoms with Crippen molar-refractivity contribution in [3.05, 3.63) is 0 Å². The van der Waals surface area contributed by atoms with Crippen LogP contribution in [0.5, 0.6) is 0 Å². The largest absolute Gasteiger partial charge is 0.368 e. The van der Waals surface area contributed by atoms with Crippen molar-refractivity contribution in [2.24, 2.45) is 5.73 Å². The van der Waals surface area contributed by atoms with Gasteiger partial charge in [0.15, 0.2) is 0 Å². The molecule has 1 rings (SSSR count). The predicted octanol–water partition coefficient (Wildman–Crippen LogP) is 0.751. The zero-order valence-electron chi connectivity index (χ0n) is 9.74. The smallest absolute Gasteiger partial charge is 0.251 e. The molecule has 0 radical (unpaired) electrons. The van der Waals surface area contributed by atoms with E-state index in [1.807, 2.05) is 14.0 Å². The first-order valence-electron chi connectivity index (χ1n) is 5.75. The Bertz CT molecular complexity index is 203. The van der Waals surface area contributed by atoms with Crippen molar-refractivity contribution in [1.29, 1.82) is 0 Å². The van der Waals surface area contributed by atoms with Crippen molar-refractivity contribution in [1.82, 2.24) is 4.90 Å². The molecule has 2 atom stereocenters. The third-order valence-corrected chi connectivity index (χ3v) is 3.05. The summed E-state index contributed by atoms with van der Waals surface area (Å²) in [6, 6.07) is 0.202. The van der Waals surface area contributed by atoms with Gasteiger partial charge in [-0.05, 0) is 39.2 Å². The number of nitrogens with zero attached hydrogens (tertiary/aromatic N) is 1. The van der Waals surface area contributed by atoms with Crippen molar-refractivity contribution < 1.29 is 9.53 Å². The number of hydrogen-bond acceptors (Lipinski definition) is 3. The monoisotopic (exact) mass is 214 g/mol. The Kier molecular flexibility index (Phi) is 5.05. The van der Waals surface area contributed by atoms with Crippen LogP contribution in [0.4, 0.5) is 0 Å². The SMILES string of the molecule is CC(CCN)N(C)C(=O)C1CCCCO1. The molecule has 2 unspecified atom stereocenters. The average molecular weight is 214 g/mol. The number of amides is 1. The molecule has 1 saturated heterocycles. The first-order chi connectivity index (χ1) is 7.16. The van der Waals surface area contributed by atoms with Gasteiger partial charge in [0.1, 0.15) is 6.10 Å². The van der Waals surface area contributed by atoms with Gasteiger partial charge in [-0.1, -0.05) is 0 Å². The molecule has 1 aliphatic rings. The number of hydrogen-bond donors (Lipinski definition) is 1. The van der Waals surface area contributed by atoms with Crippen molar-refractivity contribution in [2.45, 2.75) is 44.8 Å². The van der Waals surface area contributed by atoms with E-state index in [4.69, 9.17) is 10.5 Å². The van der Waals surface area contributed by atoms with Crippen molar-refractivity contribution in [3.63, 3.8) is 0 Å². The molecule has 2 N–H and O–H groups in total. The highest BCUT2D eigenvalue weighted by atomic mass is 16.5. The fourth-order valence-electron chi connectivity index (χ4n) is 1.81. The molecular formula is C11H22N2O2. The molecular weight excluding hydrogens is 192 g/mol. The van der Waals surface area contributed by atoms with Gasteiger partial charge in [0.05, 0.1) is 0 Å². The van der Waals surface area contributed by atoms with Crippen LogP contribution >= 0.6 is 0 Å². The maximum atomic E-state index is 12.0. The van der Waals surface area contributed by atoms with Gasteiger partial charge < -0.3 is 15.4 Å². The van der Waals surface area contributed by atoms with Gasteiger partial charge >= 0.3 is 0 Å². The summed E-state index contributed by atoms with van der Waals surface area (Å²) in [5.74, 6) is 0.107. The molecule has 0 aromatic rings. The minimum Gasteiger partial charge on any atom is -0.368 e. The van der Waals surface area contributed by atoms with Crippen molar-refractivity contribution >= 4 is 5.91 Å². The van der Waals surface area contributed by atoms with Crippen LogP contribution in [0, 0.1) is 0 Å². The zero-order valence-corrected chi connectivity index (χ0v) is 9.74. The van der Waals surface area contributed by atoms with Crippen LogP contribution in [0.25, 0.3) is 0 Å². The maximum Gasteiger partial charge on any atom is 0.251 e. The van der Waals surface area contributed by atoms with E-state index in [1.54, 1.807) is 4.90 Å². The summed E-state index contributed by atoms with van der Waals surface area (Å²) in [6.45, 7) is 3.35. The molecule has 1 heterocycles. The maximum absolute atomic E-state index is 12.0. The average Bonchev–Trinajstić information content (AvgIpc) is 2.28. The Hall–Kier alpha value is -0.610. The van der Waals surface area contributed by atoms with Gasteiger partial charge in [-0.15, -0.1) is 0 Å². The minimum absolute atomic E-state index is 0.107. The highest BCUT2D eigenvalue weighted by Crippen LogP contribution is 2.16. The number of carbonyl (C=O) groups is 1. The fraction of sp³-hybridized carbons (Fsp3) is 0.909. The van der Waals surface area contributed by atoms with E-state index < -0.39 is 0 Å². The van der Waals surface area contributed by atoms with Crippen LogP contribution < -0.4 is 5.73 Å². The minimum atomic E-state index is -0.219. The van der Waals surface area contributed by atoms with Gasteiger partial charge in [-0.2, -0.15) is 0 Å². The van der Waals surface area contributed by atoms with E-state index in [-0.39, 0.29) is 18.1 Å². The number of likely N-dealkylation sites (N-methyl/N-ethyl adjacent to an activating group) is 1. The molecule has 1 aliphatic heterocycles. The molecule has 0 saturated carbocycles. The molecule has 0 aliphatic carbocycles. The zero-order chi connectivity index (χ0) is 11.3. The Labute approximate surface area is 91.8 Å². The van der Waals surface area contributed by atoms with E-state index in [0.29, 0.717) is 6.54 Å². The third kappa shape index (κ3) is 3.47. The number of rotatable bonds is 4. The molecule has 0 spiro atoms. The summed E-state index contributed by atoms with van der Waals surface area (Å²) in [7, 11) is 1.83. The Morgan fingerprint density at radius 1 is 1.60 bits per heavy atom. The normalized spacial score (nSPS) is 23.5. The summed E-state index contributed by atoms with van der Waals surface area (Å²) in [5.41, 5.74) is 5.48.